The Hall–Kier alpha value is -3.65. The smallest absolute Gasteiger partial charge is 0.338 e. The molecule has 0 fully saturated rings. The number of allylic oxidation sites excluding steroid dienone is 1. The minimum absolute atomic E-state index is 0.0155. The molecule has 0 bridgehead atoms. The average Bonchev–Trinajstić information content (AvgIpc) is 3.10. The number of nitrogens with zero attached hydrogens (tertiary/aromatic N) is 2. The van der Waals surface area contributed by atoms with Gasteiger partial charge in [-0.05, 0) is 43.2 Å². The summed E-state index contributed by atoms with van der Waals surface area (Å²) in [6, 6.07) is 13.6. The molecule has 2 heterocycles. The molecule has 0 amide bonds. The summed E-state index contributed by atoms with van der Waals surface area (Å²) >= 11 is 1.26. The van der Waals surface area contributed by atoms with Crippen LogP contribution < -0.4 is 19.6 Å². The van der Waals surface area contributed by atoms with E-state index in [2.05, 4.69) is 0 Å². The zero-order valence-electron chi connectivity index (χ0n) is 17.9. The topological polar surface area (TPSA) is 90.1 Å². The molecule has 3 aromatic rings. The first kappa shape index (κ1) is 21.6. The van der Waals surface area contributed by atoms with Crippen molar-refractivity contribution in [1.82, 2.24) is 4.57 Å². The first-order valence-electron chi connectivity index (χ1n) is 10.1. The van der Waals surface area contributed by atoms with Gasteiger partial charge < -0.3 is 14.6 Å². The van der Waals surface area contributed by atoms with Gasteiger partial charge in [-0.25, -0.2) is 9.79 Å². The molecular weight excluding hydrogens is 428 g/mol. The SMILES string of the molecule is CCOC(=O)C1=C(C)n2c(s/c(=C\c3ccccc3)c2=O)=N[C@H]1c1ccc(O)c(OC)c1. The molecule has 8 heteroatoms. The lowest BCUT2D eigenvalue weighted by molar-refractivity contribution is -0.138. The summed E-state index contributed by atoms with van der Waals surface area (Å²) in [5, 5.41) is 9.98. The molecule has 1 atom stereocenters. The summed E-state index contributed by atoms with van der Waals surface area (Å²) in [5.41, 5.74) is 2.05. The second-order valence-corrected chi connectivity index (χ2v) is 8.14. The van der Waals surface area contributed by atoms with Gasteiger partial charge in [0.25, 0.3) is 5.56 Å². The number of rotatable bonds is 5. The Bertz CT molecular complexity index is 1390. The number of benzene rings is 2. The Kier molecular flexibility index (Phi) is 5.96. The van der Waals surface area contributed by atoms with Gasteiger partial charge in [0.05, 0.1) is 23.8 Å². The van der Waals surface area contributed by atoms with E-state index in [-0.39, 0.29) is 29.2 Å². The third-order valence-corrected chi connectivity index (χ3v) is 6.14. The number of methoxy groups -OCH3 is 1. The number of hydrogen-bond acceptors (Lipinski definition) is 7. The largest absolute Gasteiger partial charge is 0.504 e. The van der Waals surface area contributed by atoms with Crippen LogP contribution in [-0.4, -0.2) is 29.4 Å². The molecule has 0 spiro atoms. The van der Waals surface area contributed by atoms with Gasteiger partial charge in [0.15, 0.2) is 16.3 Å². The number of ether oxygens (including phenoxy) is 2. The molecule has 164 valence electrons. The first-order valence-corrected chi connectivity index (χ1v) is 10.9. The monoisotopic (exact) mass is 450 g/mol. The van der Waals surface area contributed by atoms with E-state index in [1.807, 2.05) is 36.4 Å². The van der Waals surface area contributed by atoms with Crippen LogP contribution in [0.4, 0.5) is 0 Å². The van der Waals surface area contributed by atoms with E-state index >= 15 is 0 Å². The molecule has 0 aliphatic carbocycles. The van der Waals surface area contributed by atoms with Crippen molar-refractivity contribution >= 4 is 29.1 Å². The average molecular weight is 451 g/mol. The number of aromatic hydroxyl groups is 1. The van der Waals surface area contributed by atoms with Crippen molar-refractivity contribution in [2.45, 2.75) is 19.9 Å². The fraction of sp³-hybridized carbons (Fsp3) is 0.208. The van der Waals surface area contributed by atoms with Crippen LogP contribution in [0, 0.1) is 0 Å². The number of hydrogen-bond donors (Lipinski definition) is 1. The van der Waals surface area contributed by atoms with Gasteiger partial charge in [-0.15, -0.1) is 0 Å². The van der Waals surface area contributed by atoms with Gasteiger partial charge in [0.1, 0.15) is 6.04 Å². The third-order valence-electron chi connectivity index (χ3n) is 5.16. The highest BCUT2D eigenvalue weighted by Crippen LogP contribution is 2.36. The van der Waals surface area contributed by atoms with Crippen molar-refractivity contribution in [3.8, 4) is 11.5 Å². The summed E-state index contributed by atoms with van der Waals surface area (Å²) in [7, 11) is 1.45. The Morgan fingerprint density at radius 2 is 2.00 bits per heavy atom. The summed E-state index contributed by atoms with van der Waals surface area (Å²) in [6.45, 7) is 3.64. The molecule has 2 aromatic carbocycles. The Morgan fingerprint density at radius 3 is 2.69 bits per heavy atom. The molecule has 1 aliphatic heterocycles. The van der Waals surface area contributed by atoms with E-state index in [1.165, 1.54) is 29.1 Å². The van der Waals surface area contributed by atoms with Gasteiger partial charge in [-0.3, -0.25) is 9.36 Å². The predicted molar refractivity (Wildman–Crippen MR) is 122 cm³/mol. The van der Waals surface area contributed by atoms with Gasteiger partial charge in [-0.1, -0.05) is 47.7 Å². The number of carbonyl (C=O) groups excluding carboxylic acids is 1. The lowest BCUT2D eigenvalue weighted by atomic mass is 9.96. The summed E-state index contributed by atoms with van der Waals surface area (Å²) < 4.78 is 12.5. The van der Waals surface area contributed by atoms with Crippen LogP contribution in [0.3, 0.4) is 0 Å². The van der Waals surface area contributed by atoms with Crippen molar-refractivity contribution in [1.29, 1.82) is 0 Å². The highest BCUT2D eigenvalue weighted by molar-refractivity contribution is 7.07. The maximum atomic E-state index is 13.2. The highest BCUT2D eigenvalue weighted by atomic mass is 32.1. The second-order valence-electron chi connectivity index (χ2n) is 7.13. The zero-order valence-corrected chi connectivity index (χ0v) is 18.7. The second kappa shape index (κ2) is 8.84. The molecule has 0 unspecified atom stereocenters. The van der Waals surface area contributed by atoms with Crippen LogP contribution in [0.15, 0.2) is 63.9 Å². The van der Waals surface area contributed by atoms with Crippen LogP contribution in [0.25, 0.3) is 11.8 Å². The van der Waals surface area contributed by atoms with Crippen molar-refractivity contribution in [3.63, 3.8) is 0 Å². The maximum absolute atomic E-state index is 13.2. The minimum Gasteiger partial charge on any atom is -0.504 e. The highest BCUT2D eigenvalue weighted by Gasteiger charge is 2.31. The third kappa shape index (κ3) is 3.85. The molecule has 0 saturated heterocycles. The van der Waals surface area contributed by atoms with Crippen molar-refractivity contribution in [2.75, 3.05) is 13.7 Å². The lowest BCUT2D eigenvalue weighted by Crippen LogP contribution is -2.35. The molecule has 1 aromatic heterocycles. The molecule has 7 nitrogen and oxygen atoms in total. The van der Waals surface area contributed by atoms with E-state index in [0.29, 0.717) is 20.6 Å². The van der Waals surface area contributed by atoms with E-state index in [9.17, 15) is 14.7 Å². The Labute approximate surface area is 188 Å². The van der Waals surface area contributed by atoms with Crippen LogP contribution in [-0.2, 0) is 9.53 Å². The van der Waals surface area contributed by atoms with Crippen molar-refractivity contribution < 1.29 is 19.4 Å². The molecule has 32 heavy (non-hydrogen) atoms. The zero-order chi connectivity index (χ0) is 22.8. The number of phenols is 1. The Balaban J connectivity index is 1.96. The lowest BCUT2D eigenvalue weighted by Gasteiger charge is -2.22. The summed E-state index contributed by atoms with van der Waals surface area (Å²) in [5.74, 6) is -0.285. The number of carbonyl (C=O) groups is 1. The first-order chi connectivity index (χ1) is 15.4. The quantitative estimate of drug-likeness (QED) is 0.604. The van der Waals surface area contributed by atoms with Gasteiger partial charge in [0, 0.05) is 5.70 Å². The van der Waals surface area contributed by atoms with Crippen LogP contribution in [0.1, 0.15) is 31.0 Å². The van der Waals surface area contributed by atoms with Gasteiger partial charge in [0.2, 0.25) is 0 Å². The maximum Gasteiger partial charge on any atom is 0.338 e. The number of aromatic nitrogens is 1. The minimum atomic E-state index is -0.703. The molecular formula is C24H22N2O5S. The Morgan fingerprint density at radius 1 is 1.25 bits per heavy atom. The number of fused-ring (bicyclic) bond motifs is 1. The molecule has 4 rings (SSSR count). The van der Waals surface area contributed by atoms with Crippen LogP contribution >= 0.6 is 11.3 Å². The normalized spacial score (nSPS) is 15.8. The van der Waals surface area contributed by atoms with Crippen molar-refractivity contribution in [3.05, 3.63) is 84.9 Å². The van der Waals surface area contributed by atoms with Crippen molar-refractivity contribution in [2.24, 2.45) is 4.99 Å². The predicted octanol–water partition coefficient (Wildman–Crippen LogP) is 2.62. The molecule has 1 N–H and O–H groups in total. The molecule has 1 aliphatic rings. The molecule has 0 radical (unpaired) electrons. The van der Waals surface area contributed by atoms with E-state index in [1.54, 1.807) is 26.0 Å². The standard InChI is InChI=1S/C24H22N2O5S/c1-4-31-23(29)20-14(2)26-22(28)19(12-15-8-6-5-7-9-15)32-24(26)25-21(20)16-10-11-17(27)18(13-16)30-3/h5-13,21,27H,4H2,1-3H3/b19-12-/t21-/m0/s1. The fourth-order valence-corrected chi connectivity index (χ4v) is 4.66. The number of esters is 1. The van der Waals surface area contributed by atoms with Crippen LogP contribution in [0.2, 0.25) is 0 Å². The van der Waals surface area contributed by atoms with E-state index in [0.717, 1.165) is 5.56 Å². The number of phenolic OH excluding ortho intramolecular Hbond substituents is 1. The van der Waals surface area contributed by atoms with E-state index < -0.39 is 12.0 Å². The molecule has 0 saturated carbocycles. The summed E-state index contributed by atoms with van der Waals surface area (Å²) in [6.07, 6.45) is 1.81. The van der Waals surface area contributed by atoms with Crippen LogP contribution in [0.5, 0.6) is 11.5 Å². The van der Waals surface area contributed by atoms with E-state index in [4.69, 9.17) is 14.5 Å². The van der Waals surface area contributed by atoms with Gasteiger partial charge in [-0.2, -0.15) is 0 Å². The summed E-state index contributed by atoms with van der Waals surface area (Å²) in [4.78, 5) is 31.3. The van der Waals surface area contributed by atoms with Gasteiger partial charge >= 0.3 is 5.97 Å². The fourth-order valence-electron chi connectivity index (χ4n) is 3.62. The number of thiazole rings is 1.